The standard InChI is InChI=1S/C25H29ClN4O4/c1-2-34-21-15-22(30(16-21)25(33)28-20-11-7-18(26)8-12-20)23(31)27-19-9-5-17(6-10-19)24(32)29-13-3-4-14-29/h5-12,21-22H,2-4,13-16H2,1H3,(H,27,31)(H,28,33). The molecule has 2 unspecified atom stereocenters. The van der Waals surface area contributed by atoms with Crippen molar-refractivity contribution in [1.29, 1.82) is 0 Å². The Morgan fingerprint density at radius 2 is 1.59 bits per heavy atom. The van der Waals surface area contributed by atoms with Crippen LogP contribution in [0.25, 0.3) is 0 Å². The van der Waals surface area contributed by atoms with Crippen molar-refractivity contribution in [2.45, 2.75) is 38.3 Å². The van der Waals surface area contributed by atoms with E-state index in [0.717, 1.165) is 25.9 Å². The normalized spacial score (nSPS) is 19.8. The average molecular weight is 485 g/mol. The van der Waals surface area contributed by atoms with E-state index in [1.54, 1.807) is 48.5 Å². The molecule has 4 rings (SSSR count). The predicted octanol–water partition coefficient (Wildman–Crippen LogP) is 4.23. The quantitative estimate of drug-likeness (QED) is 0.642. The van der Waals surface area contributed by atoms with Crippen molar-refractivity contribution >= 4 is 40.8 Å². The fraction of sp³-hybridized carbons (Fsp3) is 0.400. The van der Waals surface area contributed by atoms with Crippen LogP contribution in [0.5, 0.6) is 0 Å². The van der Waals surface area contributed by atoms with Crippen LogP contribution in [-0.2, 0) is 9.53 Å². The summed E-state index contributed by atoms with van der Waals surface area (Å²) in [4.78, 5) is 42.0. The number of likely N-dealkylation sites (tertiary alicyclic amines) is 2. The number of nitrogens with one attached hydrogen (secondary N) is 2. The summed E-state index contributed by atoms with van der Waals surface area (Å²) in [5.41, 5.74) is 1.76. The summed E-state index contributed by atoms with van der Waals surface area (Å²) in [7, 11) is 0. The molecule has 2 heterocycles. The van der Waals surface area contributed by atoms with Crippen LogP contribution in [0.4, 0.5) is 16.2 Å². The van der Waals surface area contributed by atoms with Crippen molar-refractivity contribution in [2.24, 2.45) is 0 Å². The summed E-state index contributed by atoms with van der Waals surface area (Å²) < 4.78 is 5.71. The fourth-order valence-electron chi connectivity index (χ4n) is 4.38. The third kappa shape index (κ3) is 5.69. The van der Waals surface area contributed by atoms with Crippen LogP contribution in [0.2, 0.25) is 5.02 Å². The molecule has 2 aromatic carbocycles. The first-order valence-corrected chi connectivity index (χ1v) is 12.0. The first-order valence-electron chi connectivity index (χ1n) is 11.6. The van der Waals surface area contributed by atoms with Crippen LogP contribution in [0.3, 0.4) is 0 Å². The lowest BCUT2D eigenvalue weighted by molar-refractivity contribution is -0.119. The summed E-state index contributed by atoms with van der Waals surface area (Å²) in [5.74, 6) is -0.289. The van der Waals surface area contributed by atoms with Gasteiger partial charge in [-0.05, 0) is 68.3 Å². The highest BCUT2D eigenvalue weighted by molar-refractivity contribution is 6.30. The van der Waals surface area contributed by atoms with Crippen molar-refractivity contribution < 1.29 is 19.1 Å². The van der Waals surface area contributed by atoms with Crippen molar-refractivity contribution in [3.05, 3.63) is 59.1 Å². The zero-order valence-corrected chi connectivity index (χ0v) is 19.9. The van der Waals surface area contributed by atoms with E-state index in [0.29, 0.717) is 41.5 Å². The first-order chi connectivity index (χ1) is 16.4. The number of ether oxygens (including phenoxy) is 1. The number of hydrogen-bond donors (Lipinski definition) is 2. The number of urea groups is 1. The largest absolute Gasteiger partial charge is 0.377 e. The molecule has 2 saturated heterocycles. The van der Waals surface area contributed by atoms with Gasteiger partial charge in [0.15, 0.2) is 0 Å². The van der Waals surface area contributed by atoms with Gasteiger partial charge in [-0.25, -0.2) is 4.79 Å². The highest BCUT2D eigenvalue weighted by Gasteiger charge is 2.40. The molecule has 8 nitrogen and oxygen atoms in total. The molecule has 2 aliphatic heterocycles. The molecule has 180 valence electrons. The molecule has 2 atom stereocenters. The minimum Gasteiger partial charge on any atom is -0.377 e. The number of rotatable bonds is 6. The number of halogens is 1. The first kappa shape index (κ1) is 24.0. The average Bonchev–Trinajstić information content (AvgIpc) is 3.51. The highest BCUT2D eigenvalue weighted by atomic mass is 35.5. The van der Waals surface area contributed by atoms with E-state index >= 15 is 0 Å². The van der Waals surface area contributed by atoms with Crippen LogP contribution >= 0.6 is 11.6 Å². The van der Waals surface area contributed by atoms with Gasteiger partial charge in [0.05, 0.1) is 6.10 Å². The maximum absolute atomic E-state index is 13.1. The van der Waals surface area contributed by atoms with Gasteiger partial charge in [0.25, 0.3) is 5.91 Å². The zero-order valence-electron chi connectivity index (χ0n) is 19.1. The van der Waals surface area contributed by atoms with Crippen molar-refractivity contribution in [3.8, 4) is 0 Å². The number of hydrogen-bond acceptors (Lipinski definition) is 4. The van der Waals surface area contributed by atoms with Crippen LogP contribution in [-0.4, -0.2) is 66.0 Å². The van der Waals surface area contributed by atoms with Crippen molar-refractivity contribution in [3.63, 3.8) is 0 Å². The predicted molar refractivity (Wildman–Crippen MR) is 131 cm³/mol. The Morgan fingerprint density at radius 3 is 2.24 bits per heavy atom. The van der Waals surface area contributed by atoms with Crippen LogP contribution in [0.15, 0.2) is 48.5 Å². The summed E-state index contributed by atoms with van der Waals surface area (Å²) in [6.07, 6.45) is 2.24. The monoisotopic (exact) mass is 484 g/mol. The minimum atomic E-state index is -0.685. The summed E-state index contributed by atoms with van der Waals surface area (Å²) in [6.45, 7) is 4.27. The molecule has 4 amide bonds. The van der Waals surface area contributed by atoms with Crippen LogP contribution < -0.4 is 10.6 Å². The Morgan fingerprint density at radius 1 is 0.971 bits per heavy atom. The number of nitrogens with zero attached hydrogens (tertiary/aromatic N) is 2. The van der Waals surface area contributed by atoms with Gasteiger partial charge in [0.1, 0.15) is 6.04 Å². The molecule has 2 aromatic rings. The third-order valence-electron chi connectivity index (χ3n) is 6.12. The Labute approximate surface area is 204 Å². The maximum atomic E-state index is 13.1. The van der Waals surface area contributed by atoms with E-state index < -0.39 is 6.04 Å². The van der Waals surface area contributed by atoms with Crippen molar-refractivity contribution in [1.82, 2.24) is 9.80 Å². The second-order valence-corrected chi connectivity index (χ2v) is 8.92. The Bertz CT molecular complexity index is 1020. The van der Waals surface area contributed by atoms with Gasteiger partial charge >= 0.3 is 6.03 Å². The Hall–Kier alpha value is -3.10. The van der Waals surface area contributed by atoms with Gasteiger partial charge in [0.2, 0.25) is 5.91 Å². The smallest absolute Gasteiger partial charge is 0.322 e. The van der Waals surface area contributed by atoms with E-state index in [2.05, 4.69) is 10.6 Å². The second kappa shape index (κ2) is 10.9. The van der Waals surface area contributed by atoms with Gasteiger partial charge < -0.3 is 25.2 Å². The highest BCUT2D eigenvalue weighted by Crippen LogP contribution is 2.24. The number of amides is 4. The molecule has 0 radical (unpaired) electrons. The molecule has 34 heavy (non-hydrogen) atoms. The molecule has 2 N–H and O–H groups in total. The Balaban J connectivity index is 1.42. The lowest BCUT2D eigenvalue weighted by Gasteiger charge is -2.24. The van der Waals surface area contributed by atoms with Gasteiger partial charge in [-0.3, -0.25) is 9.59 Å². The van der Waals surface area contributed by atoms with E-state index in [1.165, 1.54) is 4.90 Å². The number of carbonyl (C=O) groups is 3. The third-order valence-corrected chi connectivity index (χ3v) is 6.37. The van der Waals surface area contributed by atoms with E-state index in [1.807, 2.05) is 11.8 Å². The minimum absolute atomic E-state index is 0.00997. The van der Waals surface area contributed by atoms with Gasteiger partial charge in [-0.2, -0.15) is 0 Å². The molecule has 2 fully saturated rings. The summed E-state index contributed by atoms with van der Waals surface area (Å²) in [6, 6.07) is 12.6. The molecule has 2 aliphatic rings. The number of carbonyl (C=O) groups excluding carboxylic acids is 3. The Kier molecular flexibility index (Phi) is 7.70. The molecule has 0 saturated carbocycles. The van der Waals surface area contributed by atoms with Gasteiger partial charge in [0, 0.05) is 54.6 Å². The summed E-state index contributed by atoms with van der Waals surface area (Å²) in [5, 5.41) is 6.27. The topological polar surface area (TPSA) is 91.0 Å². The van der Waals surface area contributed by atoms with Crippen LogP contribution in [0, 0.1) is 0 Å². The van der Waals surface area contributed by atoms with Gasteiger partial charge in [-0.15, -0.1) is 0 Å². The summed E-state index contributed by atoms with van der Waals surface area (Å²) >= 11 is 5.92. The lowest BCUT2D eigenvalue weighted by atomic mass is 10.1. The SMILES string of the molecule is CCOC1CC(C(=O)Nc2ccc(C(=O)N3CCCC3)cc2)N(C(=O)Nc2ccc(Cl)cc2)C1. The molecule has 0 aromatic heterocycles. The van der Waals surface area contributed by atoms with E-state index in [4.69, 9.17) is 16.3 Å². The van der Waals surface area contributed by atoms with Crippen LogP contribution in [0.1, 0.15) is 36.5 Å². The number of anilines is 2. The second-order valence-electron chi connectivity index (χ2n) is 8.48. The molecule has 0 aliphatic carbocycles. The fourth-order valence-corrected chi connectivity index (χ4v) is 4.51. The number of benzene rings is 2. The molecule has 9 heteroatoms. The molecular formula is C25H29ClN4O4. The molecule has 0 bridgehead atoms. The maximum Gasteiger partial charge on any atom is 0.322 e. The van der Waals surface area contributed by atoms with E-state index in [9.17, 15) is 14.4 Å². The molecular weight excluding hydrogens is 456 g/mol. The zero-order chi connectivity index (χ0) is 24.1. The molecule has 0 spiro atoms. The van der Waals surface area contributed by atoms with Crippen molar-refractivity contribution in [2.75, 3.05) is 36.9 Å². The van der Waals surface area contributed by atoms with E-state index in [-0.39, 0.29) is 23.9 Å². The lowest BCUT2D eigenvalue weighted by Crippen LogP contribution is -2.45. The van der Waals surface area contributed by atoms with Gasteiger partial charge in [-0.1, -0.05) is 11.6 Å².